The quantitative estimate of drug-likeness (QED) is 0.608. The molecule has 1 aliphatic rings. The van der Waals surface area contributed by atoms with E-state index < -0.39 is 0 Å². The molecule has 0 bridgehead atoms. The molecule has 0 radical (unpaired) electrons. The highest BCUT2D eigenvalue weighted by atomic mass is 16.3. The van der Waals surface area contributed by atoms with Crippen LogP contribution in [-0.4, -0.2) is 6.54 Å². The molecule has 16 heavy (non-hydrogen) atoms. The van der Waals surface area contributed by atoms with Gasteiger partial charge in [-0.25, -0.2) is 0 Å². The third-order valence-corrected chi connectivity index (χ3v) is 2.83. The Balaban J connectivity index is 1.66. The molecule has 1 heterocycles. The largest absolute Gasteiger partial charge is 0.449 e. The van der Waals surface area contributed by atoms with Crippen LogP contribution < -0.4 is 5.32 Å². The Morgan fingerprint density at radius 1 is 1.44 bits per heavy atom. The average molecular weight is 216 g/mol. The zero-order chi connectivity index (χ0) is 11.2. The minimum Gasteiger partial charge on any atom is -0.449 e. The molecule has 0 fully saturated rings. The third kappa shape index (κ3) is 2.98. The average Bonchev–Trinajstić information content (AvgIpc) is 2.95. The van der Waals surface area contributed by atoms with E-state index in [1.165, 1.54) is 19.3 Å². The second-order valence-corrected chi connectivity index (χ2v) is 4.06. The molecule has 0 atom stereocenters. The molecule has 0 aliphatic heterocycles. The summed E-state index contributed by atoms with van der Waals surface area (Å²) in [6.07, 6.45) is 7.31. The summed E-state index contributed by atoms with van der Waals surface area (Å²) in [6.45, 7) is 1.68. The molecular weight excluding hydrogens is 200 g/mol. The van der Waals surface area contributed by atoms with Crippen LogP contribution in [0.15, 0.2) is 28.2 Å². The van der Waals surface area contributed by atoms with Crippen LogP contribution in [0.4, 0.5) is 0 Å². The molecule has 1 N–H and O–H groups in total. The van der Waals surface area contributed by atoms with Gasteiger partial charge in [-0.15, -0.1) is 0 Å². The van der Waals surface area contributed by atoms with E-state index in [2.05, 4.69) is 11.4 Å². The van der Waals surface area contributed by atoms with Crippen molar-refractivity contribution < 1.29 is 4.42 Å². The van der Waals surface area contributed by atoms with Crippen molar-refractivity contribution in [2.24, 2.45) is 0 Å². The zero-order valence-corrected chi connectivity index (χ0v) is 9.33. The van der Waals surface area contributed by atoms with Crippen LogP contribution in [0.1, 0.15) is 37.2 Å². The van der Waals surface area contributed by atoms with Crippen molar-refractivity contribution in [3.8, 4) is 6.07 Å². The Kier molecular flexibility index (Phi) is 3.79. The van der Waals surface area contributed by atoms with Gasteiger partial charge in [-0.1, -0.05) is 11.6 Å². The molecule has 0 saturated carbocycles. The van der Waals surface area contributed by atoms with Crippen molar-refractivity contribution in [1.29, 1.82) is 5.26 Å². The van der Waals surface area contributed by atoms with E-state index in [1.807, 2.05) is 12.1 Å². The van der Waals surface area contributed by atoms with E-state index in [9.17, 15) is 0 Å². The van der Waals surface area contributed by atoms with Crippen molar-refractivity contribution >= 4 is 0 Å². The van der Waals surface area contributed by atoms with Gasteiger partial charge in [0.25, 0.3) is 0 Å². The van der Waals surface area contributed by atoms with E-state index in [-0.39, 0.29) is 0 Å². The third-order valence-electron chi connectivity index (χ3n) is 2.83. The van der Waals surface area contributed by atoms with Crippen LogP contribution in [0.2, 0.25) is 0 Å². The van der Waals surface area contributed by atoms with Crippen molar-refractivity contribution in [2.45, 2.75) is 32.2 Å². The molecular formula is C13H16N2O. The second-order valence-electron chi connectivity index (χ2n) is 4.06. The highest BCUT2D eigenvalue weighted by Crippen LogP contribution is 2.19. The Labute approximate surface area is 95.8 Å². The first-order valence-corrected chi connectivity index (χ1v) is 5.76. The number of furan rings is 1. The number of hydrogen-bond acceptors (Lipinski definition) is 3. The van der Waals surface area contributed by atoms with Gasteiger partial charge in [0.15, 0.2) is 0 Å². The van der Waals surface area contributed by atoms with E-state index in [4.69, 9.17) is 9.68 Å². The molecule has 0 saturated heterocycles. The standard InChI is InChI=1S/C13H16N2O/c14-9-12-5-6-13(16-12)10-15-8-7-11-3-1-2-4-11/h3,5-6,15H,1-2,4,7-8,10H2. The van der Waals surface area contributed by atoms with Crippen LogP contribution in [0, 0.1) is 11.3 Å². The van der Waals surface area contributed by atoms with Crippen LogP contribution in [0.3, 0.4) is 0 Å². The second kappa shape index (κ2) is 5.53. The number of nitriles is 1. The Morgan fingerprint density at radius 2 is 2.38 bits per heavy atom. The lowest BCUT2D eigenvalue weighted by molar-refractivity contribution is 0.474. The summed E-state index contributed by atoms with van der Waals surface area (Å²) in [5.41, 5.74) is 1.57. The summed E-state index contributed by atoms with van der Waals surface area (Å²) in [6, 6.07) is 5.53. The molecule has 0 amide bonds. The SMILES string of the molecule is N#Cc1ccc(CNCCC2=CCCC2)o1. The van der Waals surface area contributed by atoms with Gasteiger partial charge >= 0.3 is 0 Å². The molecule has 0 aromatic carbocycles. The minimum atomic E-state index is 0.385. The summed E-state index contributed by atoms with van der Waals surface area (Å²) < 4.78 is 5.27. The van der Waals surface area contributed by atoms with Gasteiger partial charge in [-0.3, -0.25) is 0 Å². The number of rotatable bonds is 5. The predicted molar refractivity (Wildman–Crippen MR) is 61.7 cm³/mol. The van der Waals surface area contributed by atoms with Gasteiger partial charge in [-0.05, 0) is 44.4 Å². The highest BCUT2D eigenvalue weighted by molar-refractivity contribution is 5.19. The topological polar surface area (TPSA) is 49.0 Å². The number of nitrogens with zero attached hydrogens (tertiary/aromatic N) is 1. The van der Waals surface area contributed by atoms with Gasteiger partial charge in [0, 0.05) is 0 Å². The molecule has 0 spiro atoms. The lowest BCUT2D eigenvalue weighted by atomic mass is 10.2. The molecule has 1 aliphatic carbocycles. The van der Waals surface area contributed by atoms with Gasteiger partial charge in [0.05, 0.1) is 6.54 Å². The molecule has 0 unspecified atom stereocenters. The summed E-state index contributed by atoms with van der Waals surface area (Å²) in [7, 11) is 0. The van der Waals surface area contributed by atoms with Gasteiger partial charge in [-0.2, -0.15) is 5.26 Å². The normalized spacial score (nSPS) is 14.8. The number of allylic oxidation sites excluding steroid dienone is 1. The molecule has 84 valence electrons. The Bertz CT molecular complexity index is 412. The monoisotopic (exact) mass is 216 g/mol. The highest BCUT2D eigenvalue weighted by Gasteiger charge is 2.04. The Morgan fingerprint density at radius 3 is 3.06 bits per heavy atom. The van der Waals surface area contributed by atoms with Crippen molar-refractivity contribution in [2.75, 3.05) is 6.54 Å². The summed E-state index contributed by atoms with van der Waals surface area (Å²) in [4.78, 5) is 0. The molecule has 1 aromatic heterocycles. The first-order chi connectivity index (χ1) is 7.88. The van der Waals surface area contributed by atoms with Gasteiger partial charge in [0.1, 0.15) is 11.8 Å². The van der Waals surface area contributed by atoms with Crippen LogP contribution in [0.5, 0.6) is 0 Å². The Hall–Kier alpha value is -1.53. The molecule has 1 aromatic rings. The number of hydrogen-bond donors (Lipinski definition) is 1. The van der Waals surface area contributed by atoms with Gasteiger partial charge in [0.2, 0.25) is 5.76 Å². The fourth-order valence-electron chi connectivity index (χ4n) is 1.96. The maximum atomic E-state index is 8.59. The van der Waals surface area contributed by atoms with Crippen LogP contribution in [-0.2, 0) is 6.54 Å². The molecule has 3 nitrogen and oxygen atoms in total. The smallest absolute Gasteiger partial charge is 0.203 e. The summed E-state index contributed by atoms with van der Waals surface area (Å²) >= 11 is 0. The van der Waals surface area contributed by atoms with Crippen LogP contribution >= 0.6 is 0 Å². The van der Waals surface area contributed by atoms with E-state index in [0.29, 0.717) is 12.3 Å². The first-order valence-electron chi connectivity index (χ1n) is 5.76. The summed E-state index contributed by atoms with van der Waals surface area (Å²) in [5, 5.41) is 11.9. The first kappa shape index (κ1) is 11.0. The maximum Gasteiger partial charge on any atom is 0.203 e. The lowest BCUT2D eigenvalue weighted by Gasteiger charge is -2.03. The summed E-state index contributed by atoms with van der Waals surface area (Å²) in [5.74, 6) is 1.22. The number of nitrogens with one attached hydrogen (secondary N) is 1. The van der Waals surface area contributed by atoms with Crippen molar-refractivity contribution in [1.82, 2.24) is 5.32 Å². The van der Waals surface area contributed by atoms with E-state index in [1.54, 1.807) is 11.6 Å². The lowest BCUT2D eigenvalue weighted by Crippen LogP contribution is -2.14. The fourth-order valence-corrected chi connectivity index (χ4v) is 1.96. The van der Waals surface area contributed by atoms with E-state index in [0.717, 1.165) is 18.7 Å². The van der Waals surface area contributed by atoms with Crippen molar-refractivity contribution in [3.05, 3.63) is 35.3 Å². The van der Waals surface area contributed by atoms with E-state index >= 15 is 0 Å². The fraction of sp³-hybridized carbons (Fsp3) is 0.462. The molecule has 3 heteroatoms. The predicted octanol–water partition coefficient (Wildman–Crippen LogP) is 2.74. The zero-order valence-electron chi connectivity index (χ0n) is 9.33. The van der Waals surface area contributed by atoms with Gasteiger partial charge < -0.3 is 9.73 Å². The van der Waals surface area contributed by atoms with Crippen LogP contribution in [0.25, 0.3) is 0 Å². The minimum absolute atomic E-state index is 0.385. The molecule has 2 rings (SSSR count). The maximum absolute atomic E-state index is 8.59. The van der Waals surface area contributed by atoms with Crippen molar-refractivity contribution in [3.63, 3.8) is 0 Å².